The molecule has 1 aliphatic heterocycles. The minimum absolute atomic E-state index is 0.140. The number of carbonyl (C=O) groups is 1. The van der Waals surface area contributed by atoms with E-state index in [2.05, 4.69) is 0 Å². The van der Waals surface area contributed by atoms with Crippen LogP contribution in [0.4, 0.5) is 4.39 Å². The zero-order valence-corrected chi connectivity index (χ0v) is 9.88. The number of rotatable bonds is 3. The van der Waals surface area contributed by atoms with Gasteiger partial charge in [-0.2, -0.15) is 11.8 Å². The van der Waals surface area contributed by atoms with E-state index in [0.29, 0.717) is 11.1 Å². The van der Waals surface area contributed by atoms with Gasteiger partial charge in [0.1, 0.15) is 12.5 Å². The van der Waals surface area contributed by atoms with Crippen LogP contribution in [0, 0.1) is 5.92 Å². The van der Waals surface area contributed by atoms with E-state index < -0.39 is 6.17 Å². The van der Waals surface area contributed by atoms with Crippen LogP contribution in [0.1, 0.15) is 34.9 Å². The number of thioether (sulfide) groups is 1. The predicted octanol–water partition coefficient (Wildman–Crippen LogP) is 3.65. The van der Waals surface area contributed by atoms with E-state index in [0.717, 1.165) is 30.6 Å². The molecule has 1 nitrogen and oxygen atoms in total. The average Bonchev–Trinajstić information content (AvgIpc) is 2.39. The first-order valence-electron chi connectivity index (χ1n) is 5.58. The Balaban J connectivity index is 2.06. The lowest BCUT2D eigenvalue weighted by atomic mass is 9.94. The van der Waals surface area contributed by atoms with E-state index in [1.54, 1.807) is 24.3 Å². The number of hydrogen-bond acceptors (Lipinski definition) is 2. The topological polar surface area (TPSA) is 17.1 Å². The molecule has 0 radical (unpaired) electrons. The molecule has 1 fully saturated rings. The first-order chi connectivity index (χ1) is 7.81. The van der Waals surface area contributed by atoms with E-state index in [4.69, 9.17) is 0 Å². The van der Waals surface area contributed by atoms with Crippen LogP contribution in [-0.2, 0) is 0 Å². The Labute approximate surface area is 99.4 Å². The summed E-state index contributed by atoms with van der Waals surface area (Å²) < 4.78 is 14.2. The SMILES string of the molecule is O=Cc1ccc(C(F)C2CCCSC2)cc1. The Morgan fingerprint density at radius 1 is 1.38 bits per heavy atom. The standard InChI is InChI=1S/C13H15FOS/c14-13(12-2-1-7-16-9-12)11-5-3-10(8-15)4-6-11/h3-6,8,12-13H,1-2,7,9H2. The second-order valence-corrected chi connectivity index (χ2v) is 5.31. The van der Waals surface area contributed by atoms with Gasteiger partial charge in [0.25, 0.3) is 0 Å². The van der Waals surface area contributed by atoms with Gasteiger partial charge in [0.2, 0.25) is 0 Å². The van der Waals surface area contributed by atoms with Crippen LogP contribution < -0.4 is 0 Å². The lowest BCUT2D eigenvalue weighted by Crippen LogP contribution is -2.16. The van der Waals surface area contributed by atoms with Crippen molar-refractivity contribution in [1.82, 2.24) is 0 Å². The molecular formula is C13H15FOS. The molecule has 0 aliphatic carbocycles. The van der Waals surface area contributed by atoms with Crippen molar-refractivity contribution in [2.45, 2.75) is 19.0 Å². The Morgan fingerprint density at radius 3 is 2.69 bits per heavy atom. The normalized spacial score (nSPS) is 22.7. The second-order valence-electron chi connectivity index (χ2n) is 4.16. The van der Waals surface area contributed by atoms with Crippen molar-refractivity contribution in [2.75, 3.05) is 11.5 Å². The fraction of sp³-hybridized carbons (Fsp3) is 0.462. The maximum atomic E-state index is 14.2. The number of halogens is 1. The van der Waals surface area contributed by atoms with Crippen molar-refractivity contribution < 1.29 is 9.18 Å². The second kappa shape index (κ2) is 5.48. The van der Waals surface area contributed by atoms with Gasteiger partial charge in [0.05, 0.1) is 0 Å². The summed E-state index contributed by atoms with van der Waals surface area (Å²) in [5.41, 5.74) is 1.31. The Bertz CT molecular complexity index is 343. The zero-order chi connectivity index (χ0) is 11.4. The summed E-state index contributed by atoms with van der Waals surface area (Å²) in [5.74, 6) is 2.21. The van der Waals surface area contributed by atoms with E-state index in [1.165, 1.54) is 0 Å². The zero-order valence-electron chi connectivity index (χ0n) is 9.06. The van der Waals surface area contributed by atoms with Crippen LogP contribution in [0.2, 0.25) is 0 Å². The molecule has 1 aromatic rings. The highest BCUT2D eigenvalue weighted by Gasteiger charge is 2.24. The maximum Gasteiger partial charge on any atom is 0.150 e. The van der Waals surface area contributed by atoms with Crippen molar-refractivity contribution in [2.24, 2.45) is 5.92 Å². The molecular weight excluding hydrogens is 223 g/mol. The fourth-order valence-electron chi connectivity index (χ4n) is 2.03. The highest BCUT2D eigenvalue weighted by atomic mass is 32.2. The number of carbonyl (C=O) groups excluding carboxylic acids is 1. The van der Waals surface area contributed by atoms with Gasteiger partial charge in [0.15, 0.2) is 0 Å². The van der Waals surface area contributed by atoms with Crippen molar-refractivity contribution in [3.8, 4) is 0 Å². The number of aldehydes is 1. The van der Waals surface area contributed by atoms with E-state index in [1.807, 2.05) is 11.8 Å². The van der Waals surface area contributed by atoms with Gasteiger partial charge in [-0.3, -0.25) is 4.79 Å². The third kappa shape index (κ3) is 2.64. The van der Waals surface area contributed by atoms with Gasteiger partial charge in [0, 0.05) is 11.5 Å². The molecule has 1 aliphatic rings. The molecule has 2 atom stereocenters. The molecule has 16 heavy (non-hydrogen) atoms. The molecule has 0 saturated carbocycles. The number of benzene rings is 1. The molecule has 2 rings (SSSR count). The van der Waals surface area contributed by atoms with Crippen molar-refractivity contribution in [1.29, 1.82) is 0 Å². The van der Waals surface area contributed by atoms with Crippen LogP contribution in [0.15, 0.2) is 24.3 Å². The molecule has 0 amide bonds. The third-order valence-electron chi connectivity index (χ3n) is 3.00. The maximum absolute atomic E-state index is 14.2. The van der Waals surface area contributed by atoms with Gasteiger partial charge in [-0.05, 0) is 29.9 Å². The van der Waals surface area contributed by atoms with Gasteiger partial charge in [-0.15, -0.1) is 0 Å². The van der Waals surface area contributed by atoms with E-state index in [-0.39, 0.29) is 5.92 Å². The van der Waals surface area contributed by atoms with E-state index in [9.17, 15) is 9.18 Å². The summed E-state index contributed by atoms with van der Waals surface area (Å²) in [4.78, 5) is 10.5. The van der Waals surface area contributed by atoms with Crippen molar-refractivity contribution >= 4 is 18.0 Å². The Kier molecular flexibility index (Phi) is 3.99. The molecule has 1 saturated heterocycles. The molecule has 3 heteroatoms. The molecule has 0 spiro atoms. The molecule has 1 aromatic carbocycles. The van der Waals surface area contributed by atoms with Gasteiger partial charge in [-0.25, -0.2) is 4.39 Å². The highest BCUT2D eigenvalue weighted by Crippen LogP contribution is 2.35. The molecule has 0 bridgehead atoms. The summed E-state index contributed by atoms with van der Waals surface area (Å²) >= 11 is 1.84. The Morgan fingerprint density at radius 2 is 2.12 bits per heavy atom. The van der Waals surface area contributed by atoms with Crippen molar-refractivity contribution in [3.63, 3.8) is 0 Å². The van der Waals surface area contributed by atoms with Crippen LogP contribution in [0.25, 0.3) is 0 Å². The molecule has 1 heterocycles. The summed E-state index contributed by atoms with van der Waals surface area (Å²) in [6, 6.07) is 6.83. The van der Waals surface area contributed by atoms with Crippen LogP contribution in [0.5, 0.6) is 0 Å². The van der Waals surface area contributed by atoms with Crippen LogP contribution in [0.3, 0.4) is 0 Å². The molecule has 86 valence electrons. The van der Waals surface area contributed by atoms with E-state index >= 15 is 0 Å². The first kappa shape index (κ1) is 11.6. The number of hydrogen-bond donors (Lipinski definition) is 0. The predicted molar refractivity (Wildman–Crippen MR) is 65.7 cm³/mol. The minimum Gasteiger partial charge on any atom is -0.298 e. The summed E-state index contributed by atoms with van der Waals surface area (Å²) in [5, 5.41) is 0. The molecule has 0 N–H and O–H groups in total. The molecule has 2 unspecified atom stereocenters. The third-order valence-corrected chi connectivity index (χ3v) is 4.24. The van der Waals surface area contributed by atoms with Crippen LogP contribution in [-0.4, -0.2) is 17.8 Å². The quantitative estimate of drug-likeness (QED) is 0.748. The first-order valence-corrected chi connectivity index (χ1v) is 6.73. The average molecular weight is 238 g/mol. The minimum atomic E-state index is -0.881. The summed E-state index contributed by atoms with van der Waals surface area (Å²) in [6.07, 6.45) is 1.99. The lowest BCUT2D eigenvalue weighted by molar-refractivity contribution is 0.112. The molecule has 0 aromatic heterocycles. The monoisotopic (exact) mass is 238 g/mol. The largest absolute Gasteiger partial charge is 0.298 e. The highest BCUT2D eigenvalue weighted by molar-refractivity contribution is 7.99. The van der Waals surface area contributed by atoms with Crippen LogP contribution >= 0.6 is 11.8 Å². The summed E-state index contributed by atoms with van der Waals surface area (Å²) in [6.45, 7) is 0. The van der Waals surface area contributed by atoms with Gasteiger partial charge in [-0.1, -0.05) is 24.3 Å². The Hall–Kier alpha value is -0.830. The number of alkyl halides is 1. The summed E-state index contributed by atoms with van der Waals surface area (Å²) in [7, 11) is 0. The lowest BCUT2D eigenvalue weighted by Gasteiger charge is -2.24. The van der Waals surface area contributed by atoms with Gasteiger partial charge < -0.3 is 0 Å². The fourth-order valence-corrected chi connectivity index (χ4v) is 3.20. The van der Waals surface area contributed by atoms with Gasteiger partial charge >= 0.3 is 0 Å². The van der Waals surface area contributed by atoms with Crippen molar-refractivity contribution in [3.05, 3.63) is 35.4 Å². The smallest absolute Gasteiger partial charge is 0.150 e.